The van der Waals surface area contributed by atoms with Crippen molar-refractivity contribution >= 4 is 5.97 Å². The number of ether oxygens (including phenoxy) is 1. The molecule has 0 bridgehead atoms. The number of esters is 1. The normalized spacial score (nSPS) is 12.6. The number of rotatable bonds is 15. The summed E-state index contributed by atoms with van der Waals surface area (Å²) in [6, 6.07) is 0. The number of hydrogen-bond acceptors (Lipinski definition) is 2. The molecule has 0 N–H and O–H groups in total. The number of methoxy groups -OCH3 is 1. The maximum atomic E-state index is 10.9. The minimum absolute atomic E-state index is 0.102. The van der Waals surface area contributed by atoms with Gasteiger partial charge in [0.2, 0.25) is 0 Å². The van der Waals surface area contributed by atoms with Crippen molar-refractivity contribution in [2.75, 3.05) is 7.11 Å². The van der Waals surface area contributed by atoms with E-state index in [2.05, 4.69) is 72.4 Å². The van der Waals surface area contributed by atoms with Crippen molar-refractivity contribution in [3.8, 4) is 0 Å². The van der Waals surface area contributed by atoms with Crippen LogP contribution in [0.3, 0.4) is 0 Å². The number of allylic oxidation sites excluding steroid dienone is 10. The van der Waals surface area contributed by atoms with Gasteiger partial charge in [0.05, 0.1) is 7.11 Å². The third-order valence-electron chi connectivity index (χ3n) is 3.64. The van der Waals surface area contributed by atoms with Crippen molar-refractivity contribution in [2.45, 2.75) is 71.1 Å². The van der Waals surface area contributed by atoms with Crippen LogP contribution in [0, 0.1) is 0 Å². The summed E-state index contributed by atoms with van der Waals surface area (Å²) in [6.45, 7) is 2.15. The van der Waals surface area contributed by atoms with Gasteiger partial charge in [-0.25, -0.2) is 0 Å². The molecule has 0 aromatic heterocycles. The molecule has 0 aliphatic rings. The largest absolute Gasteiger partial charge is 0.469 e. The van der Waals surface area contributed by atoms with Crippen LogP contribution in [0.15, 0.2) is 60.8 Å². The van der Waals surface area contributed by atoms with E-state index in [1.54, 1.807) is 0 Å². The monoisotopic (exact) mass is 344 g/mol. The second-order valence-electron chi connectivity index (χ2n) is 5.88. The van der Waals surface area contributed by atoms with Gasteiger partial charge in [-0.05, 0) is 51.4 Å². The molecular formula is C23H36O2. The van der Waals surface area contributed by atoms with Gasteiger partial charge in [-0.3, -0.25) is 4.79 Å². The lowest BCUT2D eigenvalue weighted by Crippen LogP contribution is -1.98. The summed E-state index contributed by atoms with van der Waals surface area (Å²) >= 11 is 0. The SMILES string of the molecule is CCC=CCC=CCC=CCC=CCC=CCCCCCC(=O)OC. The Labute approximate surface area is 155 Å². The van der Waals surface area contributed by atoms with Gasteiger partial charge in [0, 0.05) is 6.42 Å². The molecule has 0 aliphatic carbocycles. The molecular weight excluding hydrogens is 308 g/mol. The Morgan fingerprint density at radius 2 is 1.16 bits per heavy atom. The summed E-state index contributed by atoms with van der Waals surface area (Å²) in [5.41, 5.74) is 0. The fourth-order valence-electron chi connectivity index (χ4n) is 2.18. The Morgan fingerprint density at radius 1 is 0.680 bits per heavy atom. The summed E-state index contributed by atoms with van der Waals surface area (Å²) in [6.07, 6.45) is 32.1. The molecule has 0 amide bonds. The van der Waals surface area contributed by atoms with Crippen LogP contribution >= 0.6 is 0 Å². The van der Waals surface area contributed by atoms with E-state index in [1.165, 1.54) is 7.11 Å². The molecule has 140 valence electrons. The first-order valence-corrected chi connectivity index (χ1v) is 9.63. The van der Waals surface area contributed by atoms with Gasteiger partial charge in [-0.1, -0.05) is 74.1 Å². The Kier molecular flexibility index (Phi) is 18.7. The molecule has 0 spiro atoms. The number of hydrogen-bond donors (Lipinski definition) is 0. The van der Waals surface area contributed by atoms with Gasteiger partial charge >= 0.3 is 5.97 Å². The zero-order chi connectivity index (χ0) is 18.4. The van der Waals surface area contributed by atoms with Crippen molar-refractivity contribution in [3.05, 3.63) is 60.8 Å². The van der Waals surface area contributed by atoms with E-state index in [0.29, 0.717) is 6.42 Å². The van der Waals surface area contributed by atoms with Crippen LogP contribution in [-0.4, -0.2) is 13.1 Å². The fourth-order valence-corrected chi connectivity index (χ4v) is 2.18. The van der Waals surface area contributed by atoms with Gasteiger partial charge < -0.3 is 4.74 Å². The third-order valence-corrected chi connectivity index (χ3v) is 3.64. The molecule has 0 radical (unpaired) electrons. The van der Waals surface area contributed by atoms with Crippen LogP contribution in [0.4, 0.5) is 0 Å². The molecule has 0 saturated heterocycles. The molecule has 0 aliphatic heterocycles. The summed E-state index contributed by atoms with van der Waals surface area (Å²) in [7, 11) is 1.44. The van der Waals surface area contributed by atoms with Crippen LogP contribution in [0.5, 0.6) is 0 Å². The standard InChI is InChI=1S/C23H36O2/c1-3-4-5-6-7-8-9-10-11-12-13-14-15-16-17-18-19-20-21-22-23(24)25-2/h4-5,7-8,10-11,13-14,16-17H,3,6,9,12,15,18-22H2,1-2H3. The van der Waals surface area contributed by atoms with Crippen molar-refractivity contribution in [1.82, 2.24) is 0 Å². The predicted octanol–water partition coefficient (Wildman–Crippen LogP) is 6.86. The molecule has 0 unspecified atom stereocenters. The summed E-state index contributed by atoms with van der Waals surface area (Å²) in [5, 5.41) is 0. The summed E-state index contributed by atoms with van der Waals surface area (Å²) < 4.78 is 4.62. The van der Waals surface area contributed by atoms with Gasteiger partial charge in [0.15, 0.2) is 0 Å². The average molecular weight is 345 g/mol. The highest BCUT2D eigenvalue weighted by atomic mass is 16.5. The lowest BCUT2D eigenvalue weighted by molar-refractivity contribution is -0.140. The van der Waals surface area contributed by atoms with Crippen molar-refractivity contribution in [3.63, 3.8) is 0 Å². The van der Waals surface area contributed by atoms with Crippen LogP contribution in [0.25, 0.3) is 0 Å². The molecule has 2 nitrogen and oxygen atoms in total. The first-order valence-electron chi connectivity index (χ1n) is 9.63. The van der Waals surface area contributed by atoms with Crippen molar-refractivity contribution < 1.29 is 9.53 Å². The average Bonchev–Trinajstić information content (AvgIpc) is 2.63. The molecule has 0 rings (SSSR count). The molecule has 0 atom stereocenters. The Balaban J connectivity index is 3.43. The van der Waals surface area contributed by atoms with E-state index in [-0.39, 0.29) is 5.97 Å². The van der Waals surface area contributed by atoms with Crippen LogP contribution in [-0.2, 0) is 9.53 Å². The first-order chi connectivity index (χ1) is 12.3. The number of carbonyl (C=O) groups excluding carboxylic acids is 1. The van der Waals surface area contributed by atoms with E-state index in [4.69, 9.17) is 0 Å². The van der Waals surface area contributed by atoms with Gasteiger partial charge in [-0.15, -0.1) is 0 Å². The second-order valence-corrected chi connectivity index (χ2v) is 5.88. The predicted molar refractivity (Wildman–Crippen MR) is 110 cm³/mol. The van der Waals surface area contributed by atoms with E-state index >= 15 is 0 Å². The van der Waals surface area contributed by atoms with Crippen molar-refractivity contribution in [2.24, 2.45) is 0 Å². The van der Waals surface area contributed by atoms with Crippen molar-refractivity contribution in [1.29, 1.82) is 0 Å². The summed E-state index contributed by atoms with van der Waals surface area (Å²) in [4.78, 5) is 10.9. The molecule has 25 heavy (non-hydrogen) atoms. The van der Waals surface area contributed by atoms with Gasteiger partial charge in [0.25, 0.3) is 0 Å². The Hall–Kier alpha value is -1.83. The lowest BCUT2D eigenvalue weighted by atomic mass is 10.1. The zero-order valence-electron chi connectivity index (χ0n) is 16.2. The highest BCUT2D eigenvalue weighted by molar-refractivity contribution is 5.68. The molecule has 0 aromatic rings. The fraction of sp³-hybridized carbons (Fsp3) is 0.522. The molecule has 2 heteroatoms. The summed E-state index contributed by atoms with van der Waals surface area (Å²) in [5.74, 6) is -0.102. The van der Waals surface area contributed by atoms with Crippen LogP contribution < -0.4 is 0 Å². The Morgan fingerprint density at radius 3 is 1.64 bits per heavy atom. The van der Waals surface area contributed by atoms with Crippen LogP contribution in [0.1, 0.15) is 71.1 Å². The lowest BCUT2D eigenvalue weighted by Gasteiger charge is -1.98. The minimum Gasteiger partial charge on any atom is -0.469 e. The number of unbranched alkanes of at least 4 members (excludes halogenated alkanes) is 3. The highest BCUT2D eigenvalue weighted by Gasteiger charge is 1.97. The number of carbonyl (C=O) groups is 1. The third kappa shape index (κ3) is 20.1. The van der Waals surface area contributed by atoms with Crippen LogP contribution in [0.2, 0.25) is 0 Å². The molecule has 0 saturated carbocycles. The molecule has 0 aromatic carbocycles. The Bertz CT molecular complexity index is 439. The topological polar surface area (TPSA) is 26.3 Å². The minimum atomic E-state index is -0.102. The maximum absolute atomic E-state index is 10.9. The van der Waals surface area contributed by atoms with E-state index in [9.17, 15) is 4.79 Å². The quantitative estimate of drug-likeness (QED) is 0.184. The maximum Gasteiger partial charge on any atom is 0.305 e. The molecule has 0 fully saturated rings. The highest BCUT2D eigenvalue weighted by Crippen LogP contribution is 2.05. The zero-order valence-corrected chi connectivity index (χ0v) is 16.2. The first kappa shape index (κ1) is 23.2. The molecule has 0 heterocycles. The van der Waals surface area contributed by atoms with E-state index < -0.39 is 0 Å². The van der Waals surface area contributed by atoms with Gasteiger partial charge in [-0.2, -0.15) is 0 Å². The smallest absolute Gasteiger partial charge is 0.305 e. The van der Waals surface area contributed by atoms with Gasteiger partial charge in [0.1, 0.15) is 0 Å². The van der Waals surface area contributed by atoms with E-state index in [0.717, 1.165) is 57.8 Å². The second kappa shape index (κ2) is 20.2. The van der Waals surface area contributed by atoms with E-state index in [1.807, 2.05) is 0 Å².